The average molecular weight is 538 g/mol. The van der Waals surface area contributed by atoms with E-state index in [9.17, 15) is 4.79 Å². The standard InChI is InChI=1S/C24H34N4O2.HI/c1-6-18(3)28-23(29)21-9-7-8-19(15-21)16-27-24(25-4)26-13-12-20-14-17(2)10-11-22(20)30-5;/h7-11,14-15,18H,6,12-13,16H2,1-5H3,(H,28,29)(H2,25,26,27);1H. The van der Waals surface area contributed by atoms with Crippen molar-refractivity contribution in [3.63, 3.8) is 0 Å². The van der Waals surface area contributed by atoms with Crippen molar-refractivity contribution in [2.75, 3.05) is 20.7 Å². The van der Waals surface area contributed by atoms with Gasteiger partial charge in [0.15, 0.2) is 5.96 Å². The molecular weight excluding hydrogens is 503 g/mol. The smallest absolute Gasteiger partial charge is 0.251 e. The molecule has 2 aromatic carbocycles. The number of methoxy groups -OCH3 is 1. The van der Waals surface area contributed by atoms with Gasteiger partial charge in [-0.25, -0.2) is 0 Å². The number of nitrogens with one attached hydrogen (secondary N) is 3. The molecule has 2 aromatic rings. The van der Waals surface area contributed by atoms with E-state index in [1.807, 2.05) is 43.3 Å². The van der Waals surface area contributed by atoms with Crippen molar-refractivity contribution in [1.82, 2.24) is 16.0 Å². The number of carbonyl (C=O) groups is 1. The zero-order valence-electron chi connectivity index (χ0n) is 19.1. The summed E-state index contributed by atoms with van der Waals surface area (Å²) < 4.78 is 5.44. The molecule has 0 saturated heterocycles. The molecule has 6 nitrogen and oxygen atoms in total. The number of hydrogen-bond acceptors (Lipinski definition) is 3. The Balaban J connectivity index is 0.00000480. The highest BCUT2D eigenvalue weighted by molar-refractivity contribution is 14.0. The van der Waals surface area contributed by atoms with Gasteiger partial charge in [0.25, 0.3) is 5.91 Å². The topological polar surface area (TPSA) is 74.8 Å². The fraction of sp³-hybridized carbons (Fsp3) is 0.417. The van der Waals surface area contributed by atoms with E-state index in [4.69, 9.17) is 4.74 Å². The van der Waals surface area contributed by atoms with Gasteiger partial charge in [0.05, 0.1) is 7.11 Å². The number of hydrogen-bond donors (Lipinski definition) is 3. The monoisotopic (exact) mass is 538 g/mol. The molecule has 0 aliphatic carbocycles. The highest BCUT2D eigenvalue weighted by Gasteiger charge is 2.09. The van der Waals surface area contributed by atoms with Crippen molar-refractivity contribution in [1.29, 1.82) is 0 Å². The van der Waals surface area contributed by atoms with Gasteiger partial charge in [0.2, 0.25) is 0 Å². The summed E-state index contributed by atoms with van der Waals surface area (Å²) in [5.41, 5.74) is 4.07. The number of aliphatic imine (C=N–C) groups is 1. The molecule has 31 heavy (non-hydrogen) atoms. The lowest BCUT2D eigenvalue weighted by Gasteiger charge is -2.14. The van der Waals surface area contributed by atoms with Crippen LogP contribution in [0.15, 0.2) is 47.5 Å². The van der Waals surface area contributed by atoms with E-state index in [0.29, 0.717) is 12.1 Å². The summed E-state index contributed by atoms with van der Waals surface area (Å²) in [7, 11) is 3.44. The maximum Gasteiger partial charge on any atom is 0.251 e. The maximum absolute atomic E-state index is 12.3. The first kappa shape index (κ1) is 26.7. The highest BCUT2D eigenvalue weighted by atomic mass is 127. The first-order valence-electron chi connectivity index (χ1n) is 10.4. The molecule has 0 saturated carbocycles. The molecule has 0 aromatic heterocycles. The number of rotatable bonds is 9. The zero-order valence-corrected chi connectivity index (χ0v) is 21.4. The first-order valence-corrected chi connectivity index (χ1v) is 10.4. The van der Waals surface area contributed by atoms with Gasteiger partial charge in [-0.3, -0.25) is 9.79 Å². The minimum Gasteiger partial charge on any atom is -0.496 e. The van der Waals surface area contributed by atoms with Crippen LogP contribution in [0.25, 0.3) is 0 Å². The van der Waals surface area contributed by atoms with Crippen LogP contribution in [-0.2, 0) is 13.0 Å². The number of amides is 1. The van der Waals surface area contributed by atoms with Crippen LogP contribution in [-0.4, -0.2) is 38.6 Å². The van der Waals surface area contributed by atoms with Crippen LogP contribution < -0.4 is 20.7 Å². The van der Waals surface area contributed by atoms with Crippen LogP contribution in [0, 0.1) is 6.92 Å². The van der Waals surface area contributed by atoms with E-state index in [0.717, 1.165) is 36.7 Å². The van der Waals surface area contributed by atoms with Gasteiger partial charge in [-0.1, -0.05) is 36.8 Å². The Bertz CT molecular complexity index is 870. The second kappa shape index (κ2) is 13.9. The number of nitrogens with zero attached hydrogens (tertiary/aromatic N) is 1. The largest absolute Gasteiger partial charge is 0.496 e. The summed E-state index contributed by atoms with van der Waals surface area (Å²) in [5.74, 6) is 1.58. The Morgan fingerprint density at radius 1 is 1.16 bits per heavy atom. The molecule has 1 amide bonds. The van der Waals surface area contributed by atoms with Gasteiger partial charge >= 0.3 is 0 Å². The van der Waals surface area contributed by atoms with Crippen molar-refractivity contribution in [2.45, 2.75) is 46.2 Å². The number of benzene rings is 2. The Kier molecular flexibility index (Phi) is 12.0. The quantitative estimate of drug-likeness (QED) is 0.256. The molecular formula is C24H35IN4O2. The van der Waals surface area contributed by atoms with E-state index in [2.05, 4.69) is 40.9 Å². The molecule has 3 N–H and O–H groups in total. The molecule has 0 spiro atoms. The third kappa shape index (κ3) is 8.77. The van der Waals surface area contributed by atoms with E-state index in [-0.39, 0.29) is 35.9 Å². The Labute approximate surface area is 203 Å². The summed E-state index contributed by atoms with van der Waals surface area (Å²) in [5, 5.41) is 9.64. The number of aryl methyl sites for hydroxylation is 1. The minimum absolute atomic E-state index is 0. The second-order valence-corrected chi connectivity index (χ2v) is 7.40. The van der Waals surface area contributed by atoms with Gasteiger partial charge < -0.3 is 20.7 Å². The van der Waals surface area contributed by atoms with Crippen molar-refractivity contribution < 1.29 is 9.53 Å². The Morgan fingerprint density at radius 2 is 1.94 bits per heavy atom. The van der Waals surface area contributed by atoms with Crippen molar-refractivity contribution in [3.8, 4) is 5.75 Å². The summed E-state index contributed by atoms with van der Waals surface area (Å²) >= 11 is 0. The first-order chi connectivity index (χ1) is 14.5. The lowest BCUT2D eigenvalue weighted by molar-refractivity contribution is 0.0939. The van der Waals surface area contributed by atoms with Crippen LogP contribution in [0.1, 0.15) is 47.3 Å². The van der Waals surface area contributed by atoms with Crippen LogP contribution in [0.4, 0.5) is 0 Å². The Morgan fingerprint density at radius 3 is 2.61 bits per heavy atom. The predicted molar refractivity (Wildman–Crippen MR) is 139 cm³/mol. The van der Waals surface area contributed by atoms with E-state index >= 15 is 0 Å². The van der Waals surface area contributed by atoms with Crippen LogP contribution >= 0.6 is 24.0 Å². The van der Waals surface area contributed by atoms with Gasteiger partial charge in [-0.2, -0.15) is 0 Å². The number of guanidine groups is 1. The average Bonchev–Trinajstić information content (AvgIpc) is 2.76. The molecule has 0 radical (unpaired) electrons. The minimum atomic E-state index is -0.0409. The molecule has 0 aliphatic heterocycles. The van der Waals surface area contributed by atoms with Crippen LogP contribution in [0.5, 0.6) is 5.75 Å². The SMILES string of the molecule is CCC(C)NC(=O)c1cccc(CNC(=NC)NCCc2cc(C)ccc2OC)c1.I. The van der Waals surface area contributed by atoms with Crippen LogP contribution in [0.2, 0.25) is 0 Å². The van der Waals surface area contributed by atoms with E-state index in [1.54, 1.807) is 14.2 Å². The molecule has 1 unspecified atom stereocenters. The summed E-state index contributed by atoms with van der Waals surface area (Å²) in [6.45, 7) is 7.45. The second-order valence-electron chi connectivity index (χ2n) is 7.40. The van der Waals surface area contributed by atoms with Crippen molar-refractivity contribution in [2.24, 2.45) is 4.99 Å². The normalized spacial score (nSPS) is 11.8. The summed E-state index contributed by atoms with van der Waals surface area (Å²) in [4.78, 5) is 16.6. The van der Waals surface area contributed by atoms with Gasteiger partial charge in [-0.15, -0.1) is 24.0 Å². The van der Waals surface area contributed by atoms with Crippen molar-refractivity contribution >= 4 is 35.8 Å². The fourth-order valence-electron chi connectivity index (χ4n) is 3.06. The van der Waals surface area contributed by atoms with Crippen molar-refractivity contribution in [3.05, 3.63) is 64.7 Å². The van der Waals surface area contributed by atoms with Gasteiger partial charge in [-0.05, 0) is 56.0 Å². The number of ether oxygens (including phenoxy) is 1. The van der Waals surface area contributed by atoms with Crippen LogP contribution in [0.3, 0.4) is 0 Å². The highest BCUT2D eigenvalue weighted by Crippen LogP contribution is 2.19. The molecule has 170 valence electrons. The number of halogens is 1. The number of carbonyl (C=O) groups excluding carboxylic acids is 1. The zero-order chi connectivity index (χ0) is 21.9. The lowest BCUT2D eigenvalue weighted by atomic mass is 10.1. The third-order valence-electron chi connectivity index (χ3n) is 4.99. The summed E-state index contributed by atoms with van der Waals surface area (Å²) in [6, 6.07) is 14.0. The molecule has 1 atom stereocenters. The summed E-state index contributed by atoms with van der Waals surface area (Å²) in [6.07, 6.45) is 1.74. The lowest BCUT2D eigenvalue weighted by Crippen LogP contribution is -2.38. The maximum atomic E-state index is 12.3. The van der Waals surface area contributed by atoms with E-state index in [1.165, 1.54) is 11.1 Å². The van der Waals surface area contributed by atoms with E-state index < -0.39 is 0 Å². The fourth-order valence-corrected chi connectivity index (χ4v) is 3.06. The molecule has 0 fully saturated rings. The molecule has 0 heterocycles. The third-order valence-corrected chi connectivity index (χ3v) is 4.99. The van der Waals surface area contributed by atoms with Gasteiger partial charge in [0, 0.05) is 31.7 Å². The molecule has 2 rings (SSSR count). The predicted octanol–water partition coefficient (Wildman–Crippen LogP) is 4.06. The molecule has 7 heteroatoms. The Hall–Kier alpha value is -2.29. The molecule has 0 aliphatic rings. The molecule has 0 bridgehead atoms. The van der Waals surface area contributed by atoms with Gasteiger partial charge in [0.1, 0.15) is 5.75 Å².